The van der Waals surface area contributed by atoms with E-state index in [2.05, 4.69) is 10.6 Å². The number of carbonyl (C=O) groups is 2. The fourth-order valence-corrected chi connectivity index (χ4v) is 2.70. The molecule has 144 valence electrons. The molecule has 0 aliphatic carbocycles. The van der Waals surface area contributed by atoms with Crippen LogP contribution in [0, 0.1) is 24.5 Å². The van der Waals surface area contributed by atoms with E-state index in [9.17, 15) is 18.4 Å². The largest absolute Gasteiger partial charge is 0.348 e. The first-order valence-electron chi connectivity index (χ1n) is 8.82. The van der Waals surface area contributed by atoms with E-state index in [0.717, 1.165) is 17.7 Å². The number of halogens is 2. The molecule has 2 N–H and O–H groups in total. The maximum absolute atomic E-state index is 13.9. The third-order valence-corrected chi connectivity index (χ3v) is 4.34. The number of aryl methyl sites for hydroxylation is 1. The second kappa shape index (κ2) is 8.75. The summed E-state index contributed by atoms with van der Waals surface area (Å²) in [5.74, 6) is -2.37. The van der Waals surface area contributed by atoms with Gasteiger partial charge in [-0.25, -0.2) is 8.78 Å². The summed E-state index contributed by atoms with van der Waals surface area (Å²) < 4.78 is 27.0. The predicted molar refractivity (Wildman–Crippen MR) is 100 cm³/mol. The van der Waals surface area contributed by atoms with Crippen molar-refractivity contribution in [3.8, 4) is 0 Å². The fourth-order valence-electron chi connectivity index (χ4n) is 2.70. The minimum Gasteiger partial charge on any atom is -0.348 e. The average Bonchev–Trinajstić information content (AvgIpc) is 2.59. The van der Waals surface area contributed by atoms with Crippen LogP contribution in [0.25, 0.3) is 0 Å². The molecule has 0 spiro atoms. The monoisotopic (exact) mass is 374 g/mol. The number of amides is 2. The maximum atomic E-state index is 13.9. The Labute approximate surface area is 158 Å². The molecule has 0 aromatic heterocycles. The highest BCUT2D eigenvalue weighted by Gasteiger charge is 2.26. The van der Waals surface area contributed by atoms with E-state index in [0.29, 0.717) is 5.56 Å². The van der Waals surface area contributed by atoms with E-state index in [1.54, 1.807) is 19.1 Å². The quantitative estimate of drug-likeness (QED) is 0.806. The van der Waals surface area contributed by atoms with Crippen LogP contribution in [-0.2, 0) is 4.79 Å². The molecule has 0 bridgehead atoms. The third-order valence-electron chi connectivity index (χ3n) is 4.34. The zero-order valence-electron chi connectivity index (χ0n) is 15.8. The van der Waals surface area contributed by atoms with Crippen molar-refractivity contribution in [2.75, 3.05) is 0 Å². The fraction of sp³-hybridized carbons (Fsp3) is 0.333. The molecule has 27 heavy (non-hydrogen) atoms. The highest BCUT2D eigenvalue weighted by atomic mass is 19.1. The van der Waals surface area contributed by atoms with Crippen LogP contribution < -0.4 is 10.6 Å². The lowest BCUT2D eigenvalue weighted by atomic mass is 10.0. The predicted octanol–water partition coefficient (Wildman–Crippen LogP) is 3.91. The van der Waals surface area contributed by atoms with Gasteiger partial charge in [-0.1, -0.05) is 37.6 Å². The lowest BCUT2D eigenvalue weighted by Crippen LogP contribution is -2.50. The normalized spacial score (nSPS) is 13.1. The highest BCUT2D eigenvalue weighted by molar-refractivity contribution is 5.97. The second-order valence-corrected chi connectivity index (χ2v) is 6.96. The SMILES string of the molecule is Cc1ccc(C(=O)NC(C(=O)NC(C)c2ccc(F)cc2F)C(C)C)cc1. The number of hydrogen-bond donors (Lipinski definition) is 2. The van der Waals surface area contributed by atoms with E-state index in [-0.39, 0.29) is 17.4 Å². The molecule has 2 rings (SSSR count). The van der Waals surface area contributed by atoms with Gasteiger partial charge in [-0.15, -0.1) is 0 Å². The first-order valence-corrected chi connectivity index (χ1v) is 8.82. The van der Waals surface area contributed by atoms with E-state index in [4.69, 9.17) is 0 Å². The molecule has 0 heterocycles. The van der Waals surface area contributed by atoms with Crippen molar-refractivity contribution in [3.05, 3.63) is 70.8 Å². The Bertz CT molecular complexity index is 819. The van der Waals surface area contributed by atoms with Crippen LogP contribution in [0.4, 0.5) is 8.78 Å². The second-order valence-electron chi connectivity index (χ2n) is 6.96. The zero-order valence-corrected chi connectivity index (χ0v) is 15.8. The Morgan fingerprint density at radius 1 is 0.926 bits per heavy atom. The van der Waals surface area contributed by atoms with E-state index >= 15 is 0 Å². The summed E-state index contributed by atoms with van der Waals surface area (Å²) in [5.41, 5.74) is 1.66. The molecule has 2 atom stereocenters. The van der Waals surface area contributed by atoms with Gasteiger partial charge in [0.2, 0.25) is 5.91 Å². The van der Waals surface area contributed by atoms with Crippen molar-refractivity contribution in [1.82, 2.24) is 10.6 Å². The summed E-state index contributed by atoms with van der Waals surface area (Å²) in [5, 5.41) is 5.42. The van der Waals surface area contributed by atoms with Gasteiger partial charge in [-0.2, -0.15) is 0 Å². The molecule has 4 nitrogen and oxygen atoms in total. The summed E-state index contributed by atoms with van der Waals surface area (Å²) in [6.07, 6.45) is 0. The van der Waals surface area contributed by atoms with Gasteiger partial charge in [-0.3, -0.25) is 9.59 Å². The van der Waals surface area contributed by atoms with Gasteiger partial charge in [-0.05, 0) is 38.0 Å². The molecular formula is C21H24F2N2O2. The van der Waals surface area contributed by atoms with Crippen molar-refractivity contribution < 1.29 is 18.4 Å². The van der Waals surface area contributed by atoms with E-state index < -0.39 is 29.6 Å². The van der Waals surface area contributed by atoms with E-state index in [1.807, 2.05) is 32.9 Å². The molecular weight excluding hydrogens is 350 g/mol. The third kappa shape index (κ3) is 5.36. The van der Waals surface area contributed by atoms with Crippen LogP contribution in [0.3, 0.4) is 0 Å². The Morgan fingerprint density at radius 3 is 2.11 bits per heavy atom. The molecule has 0 radical (unpaired) electrons. The van der Waals surface area contributed by atoms with Crippen LogP contribution in [0.15, 0.2) is 42.5 Å². The summed E-state index contributed by atoms with van der Waals surface area (Å²) in [7, 11) is 0. The number of nitrogens with one attached hydrogen (secondary N) is 2. The molecule has 0 saturated heterocycles. The summed E-state index contributed by atoms with van der Waals surface area (Å²) >= 11 is 0. The van der Waals surface area contributed by atoms with Gasteiger partial charge >= 0.3 is 0 Å². The van der Waals surface area contributed by atoms with Crippen molar-refractivity contribution in [2.45, 2.75) is 39.8 Å². The Morgan fingerprint density at radius 2 is 1.56 bits per heavy atom. The standard InChI is InChI=1S/C21H24F2N2O2/c1-12(2)19(25-20(26)15-7-5-13(3)6-8-15)21(27)24-14(4)17-10-9-16(22)11-18(17)23/h5-12,14,19H,1-4H3,(H,24,27)(H,25,26). The van der Waals surface area contributed by atoms with Crippen LogP contribution in [0.5, 0.6) is 0 Å². The Kier molecular flexibility index (Phi) is 6.66. The minimum absolute atomic E-state index is 0.176. The minimum atomic E-state index is -0.787. The highest BCUT2D eigenvalue weighted by Crippen LogP contribution is 2.18. The maximum Gasteiger partial charge on any atom is 0.251 e. The number of hydrogen-bond acceptors (Lipinski definition) is 2. The number of benzene rings is 2. The van der Waals surface area contributed by atoms with E-state index in [1.165, 1.54) is 6.07 Å². The zero-order chi connectivity index (χ0) is 20.1. The molecule has 0 saturated carbocycles. The molecule has 0 aliphatic heterocycles. The molecule has 0 fully saturated rings. The topological polar surface area (TPSA) is 58.2 Å². The van der Waals surface area contributed by atoms with Crippen LogP contribution in [0.2, 0.25) is 0 Å². The summed E-state index contributed by atoms with van der Waals surface area (Å²) in [4.78, 5) is 25.1. The Balaban J connectivity index is 2.10. The van der Waals surface area contributed by atoms with Gasteiger partial charge < -0.3 is 10.6 Å². The molecule has 2 aromatic carbocycles. The van der Waals surface area contributed by atoms with Crippen molar-refractivity contribution in [3.63, 3.8) is 0 Å². The lowest BCUT2D eigenvalue weighted by molar-refractivity contribution is -0.124. The molecule has 2 aromatic rings. The van der Waals surface area contributed by atoms with Crippen LogP contribution in [-0.4, -0.2) is 17.9 Å². The van der Waals surface area contributed by atoms with Crippen LogP contribution >= 0.6 is 0 Å². The molecule has 2 amide bonds. The van der Waals surface area contributed by atoms with Gasteiger partial charge in [0, 0.05) is 17.2 Å². The number of rotatable bonds is 6. The average molecular weight is 374 g/mol. The molecule has 6 heteroatoms. The smallest absolute Gasteiger partial charge is 0.251 e. The summed E-state index contributed by atoms with van der Waals surface area (Å²) in [6.45, 7) is 7.14. The lowest BCUT2D eigenvalue weighted by Gasteiger charge is -2.24. The molecule has 0 aliphatic rings. The first kappa shape index (κ1) is 20.6. The van der Waals surface area contributed by atoms with Crippen molar-refractivity contribution >= 4 is 11.8 Å². The molecule has 2 unspecified atom stereocenters. The van der Waals surface area contributed by atoms with Gasteiger partial charge in [0.15, 0.2) is 0 Å². The Hall–Kier alpha value is -2.76. The van der Waals surface area contributed by atoms with Gasteiger partial charge in [0.1, 0.15) is 17.7 Å². The van der Waals surface area contributed by atoms with Crippen molar-refractivity contribution in [1.29, 1.82) is 0 Å². The van der Waals surface area contributed by atoms with Crippen molar-refractivity contribution in [2.24, 2.45) is 5.92 Å². The van der Waals surface area contributed by atoms with Gasteiger partial charge in [0.25, 0.3) is 5.91 Å². The first-order chi connectivity index (χ1) is 12.7. The van der Waals surface area contributed by atoms with Gasteiger partial charge in [0.05, 0.1) is 6.04 Å². The van der Waals surface area contributed by atoms with Crippen LogP contribution in [0.1, 0.15) is 48.3 Å². The number of carbonyl (C=O) groups excluding carboxylic acids is 2. The summed E-state index contributed by atoms with van der Waals surface area (Å²) in [6, 6.07) is 8.77.